The second-order valence-corrected chi connectivity index (χ2v) is 8.43. The van der Waals surface area contributed by atoms with Gasteiger partial charge in [0.05, 0.1) is 22.9 Å². The smallest absolute Gasteiger partial charge is 0.306 e. The van der Waals surface area contributed by atoms with Gasteiger partial charge in [-0.15, -0.1) is 11.3 Å². The van der Waals surface area contributed by atoms with E-state index in [4.69, 9.17) is 4.74 Å². The first-order valence-electron chi connectivity index (χ1n) is 7.95. The molecular formula is C18H20BrNO3S. The number of ether oxygens (including phenoxy) is 1. The van der Waals surface area contributed by atoms with Crippen molar-refractivity contribution in [2.24, 2.45) is 5.92 Å². The lowest BCUT2D eigenvalue weighted by molar-refractivity contribution is -0.143. The normalized spacial score (nSPS) is 17.6. The van der Waals surface area contributed by atoms with E-state index >= 15 is 0 Å². The number of hydrogen-bond donors (Lipinski definition) is 1. The van der Waals surface area contributed by atoms with Gasteiger partial charge in [0.25, 0.3) is 0 Å². The van der Waals surface area contributed by atoms with Crippen LogP contribution in [-0.2, 0) is 4.79 Å². The maximum atomic E-state index is 11.2. The zero-order valence-corrected chi connectivity index (χ0v) is 15.8. The first-order valence-corrected chi connectivity index (χ1v) is 9.56. The first kappa shape index (κ1) is 17.5. The summed E-state index contributed by atoms with van der Waals surface area (Å²) in [6.07, 6.45) is 1.38. The van der Waals surface area contributed by atoms with Gasteiger partial charge in [-0.2, -0.15) is 0 Å². The molecule has 1 aliphatic rings. The van der Waals surface area contributed by atoms with E-state index in [0.29, 0.717) is 12.8 Å². The van der Waals surface area contributed by atoms with Gasteiger partial charge in [0.2, 0.25) is 0 Å². The molecule has 0 radical (unpaired) electrons. The van der Waals surface area contributed by atoms with Crippen molar-refractivity contribution >= 4 is 33.2 Å². The average molecular weight is 410 g/mol. The number of methoxy groups -OCH3 is 1. The highest BCUT2D eigenvalue weighted by Gasteiger charge is 2.32. The van der Waals surface area contributed by atoms with Crippen LogP contribution in [0.3, 0.4) is 0 Å². The Morgan fingerprint density at radius 1 is 1.29 bits per heavy atom. The minimum absolute atomic E-state index is 0.0900. The molecule has 1 fully saturated rings. The Morgan fingerprint density at radius 3 is 2.58 bits per heavy atom. The number of hydrogen-bond acceptors (Lipinski definition) is 4. The number of piperidine rings is 1. The van der Waals surface area contributed by atoms with Crippen LogP contribution < -0.4 is 4.74 Å². The lowest BCUT2D eigenvalue weighted by Crippen LogP contribution is -2.39. The molecule has 2 aromatic rings. The molecule has 1 saturated heterocycles. The Balaban J connectivity index is 1.93. The number of aliphatic carboxylic acids is 1. The molecule has 0 saturated carbocycles. The number of carboxylic acid groups (broad SMARTS) is 1. The van der Waals surface area contributed by atoms with Gasteiger partial charge in [0.1, 0.15) is 5.75 Å². The molecule has 4 nitrogen and oxygen atoms in total. The lowest BCUT2D eigenvalue weighted by Gasteiger charge is -2.36. The molecule has 1 aliphatic heterocycles. The number of rotatable bonds is 5. The molecule has 128 valence electrons. The zero-order chi connectivity index (χ0) is 17.1. The molecule has 3 rings (SSSR count). The summed E-state index contributed by atoms with van der Waals surface area (Å²) in [7, 11) is 1.69. The molecule has 0 spiro atoms. The van der Waals surface area contributed by atoms with E-state index in [2.05, 4.69) is 39.0 Å². The third-order valence-electron chi connectivity index (χ3n) is 4.54. The fourth-order valence-corrected chi connectivity index (χ4v) is 4.88. The zero-order valence-electron chi connectivity index (χ0n) is 13.4. The van der Waals surface area contributed by atoms with Gasteiger partial charge in [-0.05, 0) is 60.1 Å². The number of halogens is 1. The van der Waals surface area contributed by atoms with Crippen LogP contribution in [0, 0.1) is 5.92 Å². The van der Waals surface area contributed by atoms with Crippen molar-refractivity contribution in [3.05, 3.63) is 50.6 Å². The van der Waals surface area contributed by atoms with Crippen LogP contribution in [0.2, 0.25) is 0 Å². The summed E-state index contributed by atoms with van der Waals surface area (Å²) in [6.45, 7) is 1.55. The van der Waals surface area contributed by atoms with Crippen LogP contribution in [0.15, 0.2) is 40.2 Å². The lowest BCUT2D eigenvalue weighted by atomic mass is 9.93. The van der Waals surface area contributed by atoms with Crippen molar-refractivity contribution in [2.45, 2.75) is 18.9 Å². The van der Waals surface area contributed by atoms with Crippen molar-refractivity contribution in [1.29, 1.82) is 0 Å². The highest BCUT2D eigenvalue weighted by Crippen LogP contribution is 2.40. The summed E-state index contributed by atoms with van der Waals surface area (Å²) in [6, 6.07) is 12.4. The van der Waals surface area contributed by atoms with E-state index in [1.807, 2.05) is 18.2 Å². The highest BCUT2D eigenvalue weighted by molar-refractivity contribution is 9.11. The molecule has 2 heterocycles. The molecule has 1 unspecified atom stereocenters. The Labute approximate surface area is 154 Å². The maximum Gasteiger partial charge on any atom is 0.306 e. The molecule has 1 aromatic carbocycles. The number of thiophene rings is 1. The predicted octanol–water partition coefficient (Wildman–Crippen LogP) is 4.41. The number of carboxylic acids is 1. The molecule has 0 bridgehead atoms. The van der Waals surface area contributed by atoms with E-state index in [1.165, 1.54) is 4.88 Å². The van der Waals surface area contributed by atoms with E-state index in [-0.39, 0.29) is 12.0 Å². The average Bonchev–Trinajstić information content (AvgIpc) is 3.02. The predicted molar refractivity (Wildman–Crippen MR) is 98.8 cm³/mol. The number of nitrogens with zero attached hydrogens (tertiary/aromatic N) is 1. The maximum absolute atomic E-state index is 11.2. The SMILES string of the molecule is COc1ccccc1C(c1ccc(Br)s1)N1CCC(C(=O)O)CC1. The summed E-state index contributed by atoms with van der Waals surface area (Å²) >= 11 is 5.27. The quantitative estimate of drug-likeness (QED) is 0.794. The van der Waals surface area contributed by atoms with Crippen LogP contribution in [0.4, 0.5) is 0 Å². The van der Waals surface area contributed by atoms with Crippen molar-refractivity contribution in [3.8, 4) is 5.75 Å². The van der Waals surface area contributed by atoms with Crippen LogP contribution in [-0.4, -0.2) is 36.2 Å². The molecule has 0 aliphatic carbocycles. The molecule has 0 amide bonds. The molecule has 1 aromatic heterocycles. The number of carbonyl (C=O) groups is 1. The van der Waals surface area contributed by atoms with Crippen LogP contribution in [0.25, 0.3) is 0 Å². The van der Waals surface area contributed by atoms with Gasteiger partial charge in [-0.1, -0.05) is 18.2 Å². The van der Waals surface area contributed by atoms with Crippen LogP contribution in [0.5, 0.6) is 5.75 Å². The summed E-state index contributed by atoms with van der Waals surface area (Å²) < 4.78 is 6.67. The van der Waals surface area contributed by atoms with Gasteiger partial charge in [-0.3, -0.25) is 9.69 Å². The van der Waals surface area contributed by atoms with Crippen molar-refractivity contribution < 1.29 is 14.6 Å². The third-order valence-corrected chi connectivity index (χ3v) is 6.22. The topological polar surface area (TPSA) is 49.8 Å². The van der Waals surface area contributed by atoms with Crippen molar-refractivity contribution in [1.82, 2.24) is 4.90 Å². The van der Waals surface area contributed by atoms with E-state index in [9.17, 15) is 9.90 Å². The van der Waals surface area contributed by atoms with Crippen LogP contribution >= 0.6 is 27.3 Å². The Kier molecular flexibility index (Phi) is 5.58. The van der Waals surface area contributed by atoms with Gasteiger partial charge in [0, 0.05) is 10.4 Å². The fraction of sp³-hybridized carbons (Fsp3) is 0.389. The largest absolute Gasteiger partial charge is 0.496 e. The molecule has 24 heavy (non-hydrogen) atoms. The molecule has 6 heteroatoms. The minimum Gasteiger partial charge on any atom is -0.496 e. The summed E-state index contributed by atoms with van der Waals surface area (Å²) in [5.41, 5.74) is 1.13. The molecule has 1 atom stereocenters. The van der Waals surface area contributed by atoms with Gasteiger partial charge < -0.3 is 9.84 Å². The van der Waals surface area contributed by atoms with Crippen molar-refractivity contribution in [3.63, 3.8) is 0 Å². The van der Waals surface area contributed by atoms with E-state index < -0.39 is 5.97 Å². The number of para-hydroxylation sites is 1. The molecular weight excluding hydrogens is 390 g/mol. The Bertz CT molecular complexity index is 710. The summed E-state index contributed by atoms with van der Waals surface area (Å²) in [5, 5.41) is 9.24. The monoisotopic (exact) mass is 409 g/mol. The number of likely N-dealkylation sites (tertiary alicyclic amines) is 1. The fourth-order valence-electron chi connectivity index (χ4n) is 3.30. The van der Waals surface area contributed by atoms with Gasteiger partial charge >= 0.3 is 5.97 Å². The Hall–Kier alpha value is -1.37. The Morgan fingerprint density at radius 2 is 2.00 bits per heavy atom. The second-order valence-electron chi connectivity index (χ2n) is 5.93. The highest BCUT2D eigenvalue weighted by atomic mass is 79.9. The minimum atomic E-state index is -0.678. The molecule has 1 N–H and O–H groups in total. The summed E-state index contributed by atoms with van der Waals surface area (Å²) in [4.78, 5) is 14.8. The standard InChI is InChI=1S/C18H20BrNO3S/c1-23-14-5-3-2-4-13(14)17(15-6-7-16(19)24-15)20-10-8-12(9-11-20)18(21)22/h2-7,12,17H,8-11H2,1H3,(H,21,22). The second kappa shape index (κ2) is 7.68. The van der Waals surface area contributed by atoms with E-state index in [1.54, 1.807) is 18.4 Å². The van der Waals surface area contributed by atoms with E-state index in [0.717, 1.165) is 28.2 Å². The first-order chi connectivity index (χ1) is 11.6. The van der Waals surface area contributed by atoms with Gasteiger partial charge in [-0.25, -0.2) is 0 Å². The third kappa shape index (κ3) is 3.66. The van der Waals surface area contributed by atoms with Crippen LogP contribution in [0.1, 0.15) is 29.3 Å². The number of benzene rings is 1. The summed E-state index contributed by atoms with van der Waals surface area (Å²) in [5.74, 6) is -0.0376. The van der Waals surface area contributed by atoms with Gasteiger partial charge in [0.15, 0.2) is 0 Å². The van der Waals surface area contributed by atoms with Crippen molar-refractivity contribution in [2.75, 3.05) is 20.2 Å².